The normalized spacial score (nSPS) is 13.6. The maximum atomic E-state index is 12.7. The predicted molar refractivity (Wildman–Crippen MR) is 69.8 cm³/mol. The Balaban J connectivity index is 2.96. The molecule has 0 spiro atoms. The van der Waals surface area contributed by atoms with Crippen LogP contribution in [-0.2, 0) is 6.18 Å². The van der Waals surface area contributed by atoms with Gasteiger partial charge in [0.05, 0.1) is 5.56 Å². The van der Waals surface area contributed by atoms with E-state index >= 15 is 0 Å². The second-order valence-electron chi connectivity index (χ2n) is 4.81. The fourth-order valence-corrected chi connectivity index (χ4v) is 1.82. The number of nitrogen functional groups attached to an aromatic ring is 1. The van der Waals surface area contributed by atoms with E-state index in [-0.39, 0.29) is 24.3 Å². The van der Waals surface area contributed by atoms with E-state index in [0.29, 0.717) is 12.1 Å². The molecule has 108 valence electrons. The lowest BCUT2D eigenvalue weighted by Crippen LogP contribution is -2.27. The van der Waals surface area contributed by atoms with Crippen molar-refractivity contribution in [2.75, 3.05) is 17.7 Å². The van der Waals surface area contributed by atoms with Gasteiger partial charge in [-0.1, -0.05) is 13.8 Å². The maximum Gasteiger partial charge on any atom is 0.418 e. The lowest BCUT2D eigenvalue weighted by atomic mass is 10.0. The van der Waals surface area contributed by atoms with E-state index in [9.17, 15) is 13.2 Å². The minimum Gasteiger partial charge on any atom is -0.398 e. The third-order valence-corrected chi connectivity index (χ3v) is 2.96. The Kier molecular flexibility index (Phi) is 5.05. The van der Waals surface area contributed by atoms with Crippen molar-refractivity contribution < 1.29 is 18.3 Å². The summed E-state index contributed by atoms with van der Waals surface area (Å²) in [5.74, 6) is 0.194. The molecule has 6 heteroatoms. The number of nitrogens with one attached hydrogen (secondary N) is 1. The van der Waals surface area contributed by atoms with Gasteiger partial charge >= 0.3 is 6.18 Å². The van der Waals surface area contributed by atoms with Crippen LogP contribution in [0.4, 0.5) is 24.5 Å². The standard InChI is InChI=1S/C13H19F3N2O/c1-8(2)12(5-6-19)18-9-3-4-11(17)10(7-9)13(14,15)16/h3-4,7-8,12,18-19H,5-6,17H2,1-2H3. The fraction of sp³-hybridized carbons (Fsp3) is 0.538. The van der Waals surface area contributed by atoms with Gasteiger partial charge in [0.25, 0.3) is 0 Å². The molecule has 0 fully saturated rings. The first-order valence-corrected chi connectivity index (χ1v) is 6.09. The monoisotopic (exact) mass is 276 g/mol. The van der Waals surface area contributed by atoms with Gasteiger partial charge in [-0.25, -0.2) is 0 Å². The number of anilines is 2. The number of benzene rings is 1. The zero-order chi connectivity index (χ0) is 14.6. The molecule has 0 radical (unpaired) electrons. The summed E-state index contributed by atoms with van der Waals surface area (Å²) >= 11 is 0. The number of hydrogen-bond acceptors (Lipinski definition) is 3. The van der Waals surface area contributed by atoms with Crippen molar-refractivity contribution in [2.24, 2.45) is 5.92 Å². The average molecular weight is 276 g/mol. The summed E-state index contributed by atoms with van der Waals surface area (Å²) in [5.41, 5.74) is 4.56. The van der Waals surface area contributed by atoms with Gasteiger partial charge in [-0.3, -0.25) is 0 Å². The van der Waals surface area contributed by atoms with E-state index in [2.05, 4.69) is 5.32 Å². The number of alkyl halides is 3. The first-order chi connectivity index (χ1) is 8.75. The summed E-state index contributed by atoms with van der Waals surface area (Å²) in [4.78, 5) is 0. The molecule has 0 saturated carbocycles. The molecule has 0 aromatic heterocycles. The highest BCUT2D eigenvalue weighted by molar-refractivity contribution is 5.58. The number of halogens is 3. The van der Waals surface area contributed by atoms with Crippen molar-refractivity contribution in [3.63, 3.8) is 0 Å². The van der Waals surface area contributed by atoms with Gasteiger partial charge in [0.1, 0.15) is 0 Å². The largest absolute Gasteiger partial charge is 0.418 e. The SMILES string of the molecule is CC(C)C(CCO)Nc1ccc(N)c(C(F)(F)F)c1. The molecule has 0 saturated heterocycles. The summed E-state index contributed by atoms with van der Waals surface area (Å²) in [6.45, 7) is 3.86. The molecule has 0 heterocycles. The molecule has 0 aliphatic rings. The van der Waals surface area contributed by atoms with Crippen LogP contribution in [0.25, 0.3) is 0 Å². The van der Waals surface area contributed by atoms with E-state index in [1.807, 2.05) is 13.8 Å². The summed E-state index contributed by atoms with van der Waals surface area (Å²) in [6.07, 6.45) is -3.99. The zero-order valence-corrected chi connectivity index (χ0v) is 11.0. The van der Waals surface area contributed by atoms with Crippen LogP contribution in [0.2, 0.25) is 0 Å². The minimum atomic E-state index is -4.47. The van der Waals surface area contributed by atoms with E-state index < -0.39 is 11.7 Å². The van der Waals surface area contributed by atoms with Crippen molar-refractivity contribution >= 4 is 11.4 Å². The van der Waals surface area contributed by atoms with E-state index in [1.54, 1.807) is 0 Å². The maximum absolute atomic E-state index is 12.7. The highest BCUT2D eigenvalue weighted by atomic mass is 19.4. The third-order valence-electron chi connectivity index (χ3n) is 2.96. The van der Waals surface area contributed by atoms with Crippen LogP contribution < -0.4 is 11.1 Å². The summed E-state index contributed by atoms with van der Waals surface area (Å²) in [6, 6.07) is 3.66. The summed E-state index contributed by atoms with van der Waals surface area (Å²) in [7, 11) is 0. The molecule has 1 aromatic carbocycles. The molecular weight excluding hydrogens is 257 g/mol. The number of hydrogen-bond donors (Lipinski definition) is 3. The van der Waals surface area contributed by atoms with Gasteiger partial charge in [0.2, 0.25) is 0 Å². The van der Waals surface area contributed by atoms with Crippen molar-refractivity contribution in [2.45, 2.75) is 32.5 Å². The van der Waals surface area contributed by atoms with Crippen LogP contribution >= 0.6 is 0 Å². The van der Waals surface area contributed by atoms with Crippen molar-refractivity contribution in [3.8, 4) is 0 Å². The molecular formula is C13H19F3N2O. The molecule has 0 aliphatic heterocycles. The predicted octanol–water partition coefficient (Wildman–Crippen LogP) is 3.11. The fourth-order valence-electron chi connectivity index (χ4n) is 1.82. The van der Waals surface area contributed by atoms with Crippen LogP contribution in [-0.4, -0.2) is 17.8 Å². The molecule has 4 N–H and O–H groups in total. The van der Waals surface area contributed by atoms with Gasteiger partial charge < -0.3 is 16.2 Å². The second-order valence-corrected chi connectivity index (χ2v) is 4.81. The molecule has 19 heavy (non-hydrogen) atoms. The van der Waals surface area contributed by atoms with Gasteiger partial charge in [0, 0.05) is 24.0 Å². The van der Waals surface area contributed by atoms with Crippen LogP contribution in [0, 0.1) is 5.92 Å². The first-order valence-electron chi connectivity index (χ1n) is 6.09. The lowest BCUT2D eigenvalue weighted by molar-refractivity contribution is -0.136. The quantitative estimate of drug-likeness (QED) is 0.724. The molecule has 3 nitrogen and oxygen atoms in total. The van der Waals surface area contributed by atoms with Gasteiger partial charge in [-0.2, -0.15) is 13.2 Å². The van der Waals surface area contributed by atoms with Crippen LogP contribution in [0.15, 0.2) is 18.2 Å². The Morgan fingerprint density at radius 2 is 1.95 bits per heavy atom. The number of aliphatic hydroxyl groups excluding tert-OH is 1. The van der Waals surface area contributed by atoms with Crippen LogP contribution in [0.1, 0.15) is 25.8 Å². The Morgan fingerprint density at radius 3 is 2.42 bits per heavy atom. The zero-order valence-electron chi connectivity index (χ0n) is 11.0. The third kappa shape index (κ3) is 4.31. The molecule has 1 atom stereocenters. The Morgan fingerprint density at radius 1 is 1.32 bits per heavy atom. The van der Waals surface area contributed by atoms with Gasteiger partial charge in [-0.15, -0.1) is 0 Å². The molecule has 1 rings (SSSR count). The van der Waals surface area contributed by atoms with Gasteiger partial charge in [-0.05, 0) is 30.5 Å². The average Bonchev–Trinajstić information content (AvgIpc) is 2.29. The summed E-state index contributed by atoms with van der Waals surface area (Å²) < 4.78 is 38.2. The number of nitrogens with two attached hydrogens (primary N) is 1. The molecule has 1 unspecified atom stereocenters. The van der Waals surface area contributed by atoms with E-state index in [1.165, 1.54) is 12.1 Å². The Labute approximate surface area is 110 Å². The van der Waals surface area contributed by atoms with Gasteiger partial charge in [0.15, 0.2) is 0 Å². The van der Waals surface area contributed by atoms with Crippen LogP contribution in [0.3, 0.4) is 0 Å². The smallest absolute Gasteiger partial charge is 0.398 e. The Hall–Kier alpha value is -1.43. The molecule has 0 bridgehead atoms. The molecule has 0 aliphatic carbocycles. The van der Waals surface area contributed by atoms with Crippen molar-refractivity contribution in [3.05, 3.63) is 23.8 Å². The minimum absolute atomic E-state index is 0.0169. The lowest BCUT2D eigenvalue weighted by Gasteiger charge is -2.23. The highest BCUT2D eigenvalue weighted by Crippen LogP contribution is 2.35. The Bertz CT molecular complexity index is 419. The molecule has 0 amide bonds. The first kappa shape index (κ1) is 15.6. The van der Waals surface area contributed by atoms with E-state index in [0.717, 1.165) is 6.07 Å². The number of aliphatic hydroxyl groups is 1. The van der Waals surface area contributed by atoms with Crippen molar-refractivity contribution in [1.82, 2.24) is 0 Å². The second kappa shape index (κ2) is 6.14. The topological polar surface area (TPSA) is 58.3 Å². The van der Waals surface area contributed by atoms with Crippen molar-refractivity contribution in [1.29, 1.82) is 0 Å². The number of rotatable bonds is 5. The van der Waals surface area contributed by atoms with Crippen LogP contribution in [0.5, 0.6) is 0 Å². The summed E-state index contributed by atoms with van der Waals surface area (Å²) in [5, 5.41) is 12.0. The molecule has 1 aromatic rings. The van der Waals surface area contributed by atoms with E-state index in [4.69, 9.17) is 10.8 Å². The highest BCUT2D eigenvalue weighted by Gasteiger charge is 2.33.